The van der Waals surface area contributed by atoms with Crippen molar-refractivity contribution in [2.24, 2.45) is 0 Å². The zero-order valence-electron chi connectivity index (χ0n) is 12.8. The summed E-state index contributed by atoms with van der Waals surface area (Å²) in [6.07, 6.45) is 2.63. The second-order valence-electron chi connectivity index (χ2n) is 4.79. The lowest BCUT2D eigenvalue weighted by Gasteiger charge is -2.19. The van der Waals surface area contributed by atoms with Crippen molar-refractivity contribution in [3.8, 4) is 5.75 Å². The lowest BCUT2D eigenvalue weighted by atomic mass is 9.99. The minimum absolute atomic E-state index is 0.0590. The Morgan fingerprint density at radius 3 is 2.25 bits per heavy atom. The maximum absolute atomic E-state index is 13.8. The van der Waals surface area contributed by atoms with Crippen LogP contribution in [-0.2, 0) is 4.74 Å². The number of ether oxygens (including phenoxy) is 2. The highest BCUT2D eigenvalue weighted by Crippen LogP contribution is 2.27. The lowest BCUT2D eigenvalue weighted by Crippen LogP contribution is -2.28. The fourth-order valence-corrected chi connectivity index (χ4v) is 2.31. The molecular formula is C16H12FN3O4. The quantitative estimate of drug-likeness (QED) is 0.917. The van der Waals surface area contributed by atoms with Crippen LogP contribution < -0.4 is 10.1 Å². The number of allylic oxidation sites excluding steroid dienone is 2. The van der Waals surface area contributed by atoms with Gasteiger partial charge in [0.1, 0.15) is 17.1 Å². The third-order valence-corrected chi connectivity index (χ3v) is 3.41. The van der Waals surface area contributed by atoms with Crippen molar-refractivity contribution in [3.63, 3.8) is 0 Å². The summed E-state index contributed by atoms with van der Waals surface area (Å²) in [4.78, 5) is 32.7. The van der Waals surface area contributed by atoms with Crippen molar-refractivity contribution in [3.05, 3.63) is 59.3 Å². The zero-order valence-corrected chi connectivity index (χ0v) is 12.8. The first-order valence-electron chi connectivity index (χ1n) is 6.86. The molecule has 8 heteroatoms. The average molecular weight is 329 g/mol. The van der Waals surface area contributed by atoms with Crippen LogP contribution in [0.1, 0.15) is 21.0 Å². The van der Waals surface area contributed by atoms with Crippen LogP contribution >= 0.6 is 0 Å². The van der Waals surface area contributed by atoms with Crippen LogP contribution in [0.5, 0.6) is 5.75 Å². The van der Waals surface area contributed by atoms with Crippen molar-refractivity contribution in [1.29, 1.82) is 0 Å². The molecule has 0 spiro atoms. The largest absolute Gasteiger partial charge is 0.494 e. The van der Waals surface area contributed by atoms with Crippen molar-refractivity contribution in [2.75, 3.05) is 19.5 Å². The van der Waals surface area contributed by atoms with Gasteiger partial charge in [-0.05, 0) is 12.1 Å². The molecular weight excluding hydrogens is 317 g/mol. The maximum Gasteiger partial charge on any atom is 0.250 e. The molecule has 1 aromatic carbocycles. The first-order valence-corrected chi connectivity index (χ1v) is 6.86. The van der Waals surface area contributed by atoms with Crippen LogP contribution in [0, 0.1) is 5.82 Å². The van der Waals surface area contributed by atoms with E-state index < -0.39 is 17.4 Å². The van der Waals surface area contributed by atoms with Gasteiger partial charge < -0.3 is 14.8 Å². The van der Waals surface area contributed by atoms with E-state index in [-0.39, 0.29) is 34.3 Å². The summed E-state index contributed by atoms with van der Waals surface area (Å²) in [7, 11) is 2.61. The molecule has 0 atom stereocenters. The van der Waals surface area contributed by atoms with Crippen LogP contribution in [-0.4, -0.2) is 35.8 Å². The van der Waals surface area contributed by atoms with Gasteiger partial charge in [-0.1, -0.05) is 0 Å². The Balaban J connectivity index is 2.04. The molecule has 3 rings (SSSR count). The van der Waals surface area contributed by atoms with Crippen molar-refractivity contribution in [2.45, 2.75) is 0 Å². The number of carbonyl (C=O) groups excluding carboxylic acids is 2. The molecule has 0 amide bonds. The molecule has 0 bridgehead atoms. The first kappa shape index (κ1) is 15.6. The highest BCUT2D eigenvalue weighted by atomic mass is 19.1. The van der Waals surface area contributed by atoms with E-state index in [1.54, 1.807) is 0 Å². The van der Waals surface area contributed by atoms with Gasteiger partial charge in [0, 0.05) is 24.1 Å². The van der Waals surface area contributed by atoms with Crippen molar-refractivity contribution in [1.82, 2.24) is 9.97 Å². The molecule has 1 heterocycles. The molecule has 1 aliphatic rings. The molecule has 122 valence electrons. The minimum Gasteiger partial charge on any atom is -0.494 e. The molecule has 0 aliphatic heterocycles. The number of nitrogens with one attached hydrogen (secondary N) is 1. The van der Waals surface area contributed by atoms with E-state index in [1.807, 2.05) is 0 Å². The van der Waals surface area contributed by atoms with E-state index in [4.69, 9.17) is 9.47 Å². The Morgan fingerprint density at radius 2 is 1.67 bits per heavy atom. The number of Topliss-reactive ketones (excluding diaryl/α,β-unsaturated/α-hetero) is 2. The van der Waals surface area contributed by atoms with Gasteiger partial charge in [0.2, 0.25) is 5.78 Å². The number of aromatic nitrogens is 2. The van der Waals surface area contributed by atoms with Crippen LogP contribution in [0.25, 0.3) is 0 Å². The molecule has 24 heavy (non-hydrogen) atoms. The number of ketones is 2. The summed E-state index contributed by atoms with van der Waals surface area (Å²) in [6, 6.07) is 4.04. The SMILES string of the molecule is COC1=C(Nc2ccc(OC)c(F)c2)C(=O)c2nccnc2C1=O. The maximum atomic E-state index is 13.8. The third-order valence-electron chi connectivity index (χ3n) is 3.41. The number of hydrogen-bond acceptors (Lipinski definition) is 7. The van der Waals surface area contributed by atoms with Gasteiger partial charge in [-0.2, -0.15) is 0 Å². The summed E-state index contributed by atoms with van der Waals surface area (Å²) in [6.45, 7) is 0. The molecule has 1 aromatic heterocycles. The van der Waals surface area contributed by atoms with Gasteiger partial charge >= 0.3 is 0 Å². The molecule has 1 N–H and O–H groups in total. The third kappa shape index (κ3) is 2.47. The molecule has 7 nitrogen and oxygen atoms in total. The van der Waals surface area contributed by atoms with Crippen LogP contribution in [0.4, 0.5) is 10.1 Å². The number of hydrogen-bond donors (Lipinski definition) is 1. The van der Waals surface area contributed by atoms with Gasteiger partial charge in [-0.25, -0.2) is 14.4 Å². The van der Waals surface area contributed by atoms with E-state index in [0.717, 1.165) is 6.07 Å². The molecule has 1 aliphatic carbocycles. The Morgan fingerprint density at radius 1 is 1.00 bits per heavy atom. The standard InChI is InChI=1S/C16H12FN3O4/c1-23-10-4-3-8(7-9(10)17)20-13-14(21)11-12(19-6-5-18-11)15(22)16(13)24-2/h3-7,20H,1-2H3. The smallest absolute Gasteiger partial charge is 0.250 e. The molecule has 0 saturated carbocycles. The average Bonchev–Trinajstić information content (AvgIpc) is 2.60. The normalized spacial score (nSPS) is 13.6. The van der Waals surface area contributed by atoms with E-state index >= 15 is 0 Å². The highest BCUT2D eigenvalue weighted by molar-refractivity contribution is 6.25. The molecule has 0 saturated heterocycles. The fraction of sp³-hybridized carbons (Fsp3) is 0.125. The molecule has 0 fully saturated rings. The van der Waals surface area contributed by atoms with E-state index in [9.17, 15) is 14.0 Å². The van der Waals surface area contributed by atoms with Gasteiger partial charge in [0.25, 0.3) is 5.78 Å². The summed E-state index contributed by atoms with van der Waals surface area (Å²) in [5, 5.41) is 2.72. The van der Waals surface area contributed by atoms with Crippen LogP contribution in [0.15, 0.2) is 42.0 Å². The van der Waals surface area contributed by atoms with E-state index in [0.29, 0.717) is 0 Å². The predicted molar refractivity (Wildman–Crippen MR) is 81.3 cm³/mol. The second-order valence-corrected chi connectivity index (χ2v) is 4.79. The number of rotatable bonds is 4. The zero-order chi connectivity index (χ0) is 17.3. The summed E-state index contributed by atoms with van der Waals surface area (Å²) < 4.78 is 23.7. The first-order chi connectivity index (χ1) is 11.6. The number of anilines is 1. The number of fused-ring (bicyclic) bond motifs is 1. The monoisotopic (exact) mass is 329 g/mol. The molecule has 0 unspecified atom stereocenters. The Hall–Kier alpha value is -3.29. The Labute approximate surface area is 136 Å². The fourth-order valence-electron chi connectivity index (χ4n) is 2.31. The minimum atomic E-state index is -0.614. The summed E-state index contributed by atoms with van der Waals surface area (Å²) >= 11 is 0. The number of nitrogens with zero attached hydrogens (tertiary/aromatic N) is 2. The van der Waals surface area contributed by atoms with Crippen LogP contribution in [0.3, 0.4) is 0 Å². The van der Waals surface area contributed by atoms with Crippen molar-refractivity contribution < 1.29 is 23.5 Å². The second kappa shape index (κ2) is 6.07. The Kier molecular flexibility index (Phi) is 3.95. The molecule has 2 aromatic rings. The number of halogens is 1. The van der Waals surface area contributed by atoms with E-state index in [1.165, 1.54) is 38.7 Å². The van der Waals surface area contributed by atoms with E-state index in [2.05, 4.69) is 15.3 Å². The summed E-state index contributed by atoms with van der Waals surface area (Å²) in [5.74, 6) is -1.90. The van der Waals surface area contributed by atoms with Crippen molar-refractivity contribution >= 4 is 17.3 Å². The number of carbonyl (C=O) groups is 2. The number of benzene rings is 1. The Bertz CT molecular complexity index is 879. The van der Waals surface area contributed by atoms with Crippen LogP contribution in [0.2, 0.25) is 0 Å². The van der Waals surface area contributed by atoms with Gasteiger partial charge in [-0.15, -0.1) is 0 Å². The topological polar surface area (TPSA) is 90.4 Å². The highest BCUT2D eigenvalue weighted by Gasteiger charge is 2.35. The predicted octanol–water partition coefficient (Wildman–Crippen LogP) is 1.97. The summed E-state index contributed by atoms with van der Waals surface area (Å²) in [5.41, 5.74) is -0.0306. The molecule has 0 radical (unpaired) electrons. The van der Waals surface area contributed by atoms with Gasteiger partial charge in [0.05, 0.1) is 14.2 Å². The number of methoxy groups -OCH3 is 2. The van der Waals surface area contributed by atoms with Gasteiger partial charge in [0.15, 0.2) is 17.3 Å². The van der Waals surface area contributed by atoms with Gasteiger partial charge in [-0.3, -0.25) is 9.59 Å². The lowest BCUT2D eigenvalue weighted by molar-refractivity contribution is 0.0899.